The molecule has 190 valence electrons. The summed E-state index contributed by atoms with van der Waals surface area (Å²) in [5, 5.41) is 19.6. The van der Waals surface area contributed by atoms with Gasteiger partial charge >= 0.3 is 5.97 Å². The first-order valence-electron chi connectivity index (χ1n) is 11.6. The molecular formula is C28H31FNO5P. The van der Waals surface area contributed by atoms with Crippen LogP contribution in [0.5, 0.6) is 0 Å². The number of pyridine rings is 1. The number of aromatic nitrogens is 1. The summed E-state index contributed by atoms with van der Waals surface area (Å²) in [6.07, 6.45) is 1.26. The van der Waals surface area contributed by atoms with Crippen molar-refractivity contribution in [3.63, 3.8) is 0 Å². The van der Waals surface area contributed by atoms with Crippen molar-refractivity contribution < 1.29 is 28.9 Å². The Morgan fingerprint density at radius 3 is 2.17 bits per heavy atom. The summed E-state index contributed by atoms with van der Waals surface area (Å²) in [6, 6.07) is 15.1. The van der Waals surface area contributed by atoms with Crippen LogP contribution in [0.4, 0.5) is 4.39 Å². The van der Waals surface area contributed by atoms with Gasteiger partial charge in [0.25, 0.3) is 0 Å². The molecule has 3 atom stereocenters. The zero-order valence-electron chi connectivity index (χ0n) is 20.7. The van der Waals surface area contributed by atoms with E-state index in [1.165, 1.54) is 19.1 Å². The van der Waals surface area contributed by atoms with E-state index in [-0.39, 0.29) is 11.5 Å². The van der Waals surface area contributed by atoms with Gasteiger partial charge in [-0.3, -0.25) is 14.3 Å². The molecular weight excluding hydrogens is 480 g/mol. The summed E-state index contributed by atoms with van der Waals surface area (Å²) < 4.78 is 26.5. The summed E-state index contributed by atoms with van der Waals surface area (Å²) in [6.45, 7) is 10.3. The normalized spacial score (nSPS) is 15.7. The summed E-state index contributed by atoms with van der Waals surface area (Å²) in [4.78, 5) is 27.7. The van der Waals surface area contributed by atoms with Crippen molar-refractivity contribution in [2.45, 2.75) is 50.8 Å². The summed E-state index contributed by atoms with van der Waals surface area (Å²) >= 11 is 0. The molecule has 0 aliphatic rings. The van der Waals surface area contributed by atoms with Gasteiger partial charge in [0.15, 0.2) is 5.16 Å². The monoisotopic (exact) mass is 511 g/mol. The third kappa shape index (κ3) is 4.43. The van der Waals surface area contributed by atoms with Crippen LogP contribution >= 0.6 is 8.03 Å². The molecule has 1 aromatic heterocycles. The van der Waals surface area contributed by atoms with Crippen LogP contribution in [0.15, 0.2) is 67.3 Å². The molecule has 0 spiro atoms. The highest BCUT2D eigenvalue weighted by Crippen LogP contribution is 2.54. The third-order valence-corrected chi connectivity index (χ3v) is 8.22. The highest BCUT2D eigenvalue weighted by Gasteiger charge is 2.59. The van der Waals surface area contributed by atoms with E-state index in [1.54, 1.807) is 12.1 Å². The van der Waals surface area contributed by atoms with Gasteiger partial charge in [0.05, 0.1) is 11.4 Å². The van der Waals surface area contributed by atoms with Crippen molar-refractivity contribution in [3.8, 4) is 22.4 Å². The van der Waals surface area contributed by atoms with Gasteiger partial charge in [-0.15, -0.1) is 6.58 Å². The summed E-state index contributed by atoms with van der Waals surface area (Å²) in [5.41, 5.74) is 1.18. The molecule has 0 radical (unpaired) electrons. The van der Waals surface area contributed by atoms with E-state index < -0.39 is 30.6 Å². The van der Waals surface area contributed by atoms with Crippen LogP contribution in [-0.2, 0) is 21.4 Å². The van der Waals surface area contributed by atoms with Crippen molar-refractivity contribution >= 4 is 14.0 Å². The topological polar surface area (TPSA) is 108 Å². The predicted octanol–water partition coefficient (Wildman–Crippen LogP) is 5.92. The van der Waals surface area contributed by atoms with Gasteiger partial charge in [-0.05, 0) is 48.1 Å². The van der Waals surface area contributed by atoms with E-state index in [0.29, 0.717) is 34.5 Å². The second-order valence-electron chi connectivity index (χ2n) is 9.15. The average Bonchev–Trinajstić information content (AvgIpc) is 2.83. The van der Waals surface area contributed by atoms with Gasteiger partial charge in [0.1, 0.15) is 11.4 Å². The highest BCUT2D eigenvalue weighted by molar-refractivity contribution is 7.42. The van der Waals surface area contributed by atoms with E-state index in [1.807, 2.05) is 51.1 Å². The minimum atomic E-state index is -3.92. The standard InChI is InChI=1S/C28H31FNO5P/c1-6-21-22(18-13-15-20(29)16-14-18)23(27(5,33)28(7-2,26(31)32)36(34)35)24(17(3)4)30-25(21)19-11-9-8-10-12-19/h7-17,33,36H,2,6H2,1,3-5H3,(H,31,32)(H,34,35). The van der Waals surface area contributed by atoms with Gasteiger partial charge in [-0.2, -0.15) is 0 Å². The zero-order valence-corrected chi connectivity index (χ0v) is 21.7. The molecule has 0 fully saturated rings. The van der Waals surface area contributed by atoms with Gasteiger partial charge in [-0.1, -0.05) is 69.3 Å². The SMILES string of the molecule is C=CC(C(=O)O)([PH](=O)O)C(C)(O)c1c(C(C)C)nc(-c2ccccc2)c(CC)c1-c1ccc(F)cc1. The fraction of sp³-hybridized carbons (Fsp3) is 0.286. The number of hydrogen-bond acceptors (Lipinski definition) is 4. The minimum absolute atomic E-state index is 0.107. The van der Waals surface area contributed by atoms with Crippen molar-refractivity contribution in [2.24, 2.45) is 0 Å². The number of aliphatic hydroxyl groups is 1. The smallest absolute Gasteiger partial charge is 0.326 e. The molecule has 3 N–H and O–H groups in total. The molecule has 0 saturated carbocycles. The highest BCUT2D eigenvalue weighted by atomic mass is 31.1. The molecule has 0 aliphatic heterocycles. The van der Waals surface area contributed by atoms with E-state index >= 15 is 0 Å². The lowest BCUT2D eigenvalue weighted by Gasteiger charge is -2.41. The van der Waals surface area contributed by atoms with Crippen LogP contribution in [0.3, 0.4) is 0 Å². The van der Waals surface area contributed by atoms with E-state index in [4.69, 9.17) is 4.98 Å². The van der Waals surface area contributed by atoms with Crippen molar-refractivity contribution in [1.82, 2.24) is 4.98 Å². The number of nitrogens with zero attached hydrogens (tertiary/aromatic N) is 1. The van der Waals surface area contributed by atoms with E-state index in [0.717, 1.165) is 11.6 Å². The maximum absolute atomic E-state index is 13.9. The van der Waals surface area contributed by atoms with Crippen LogP contribution in [0.2, 0.25) is 0 Å². The van der Waals surface area contributed by atoms with Crippen LogP contribution in [-0.4, -0.2) is 31.2 Å². The lowest BCUT2D eigenvalue weighted by molar-refractivity contribution is -0.145. The van der Waals surface area contributed by atoms with Crippen LogP contribution in [0, 0.1) is 5.82 Å². The van der Waals surface area contributed by atoms with E-state index in [9.17, 15) is 28.9 Å². The second kappa shape index (κ2) is 10.5. The third-order valence-electron chi connectivity index (χ3n) is 6.64. The Labute approximate surface area is 211 Å². The minimum Gasteiger partial charge on any atom is -0.480 e. The summed E-state index contributed by atoms with van der Waals surface area (Å²) in [7, 11) is -3.92. The Hall–Kier alpha value is -3.12. The Bertz CT molecular complexity index is 1290. The second-order valence-corrected chi connectivity index (χ2v) is 10.5. The van der Waals surface area contributed by atoms with Crippen LogP contribution in [0.1, 0.15) is 50.4 Å². The Kier molecular flexibility index (Phi) is 7.99. The quantitative estimate of drug-likeness (QED) is 0.243. The van der Waals surface area contributed by atoms with Crippen LogP contribution < -0.4 is 0 Å². The predicted molar refractivity (Wildman–Crippen MR) is 140 cm³/mol. The maximum Gasteiger partial charge on any atom is 0.326 e. The molecule has 0 aliphatic carbocycles. The van der Waals surface area contributed by atoms with Crippen molar-refractivity contribution in [1.29, 1.82) is 0 Å². The molecule has 3 rings (SSSR count). The van der Waals surface area contributed by atoms with Crippen molar-refractivity contribution in [3.05, 3.63) is 89.9 Å². The lowest BCUT2D eigenvalue weighted by Crippen LogP contribution is -2.52. The number of halogens is 1. The zero-order chi connectivity index (χ0) is 26.8. The number of hydrogen-bond donors (Lipinski definition) is 3. The van der Waals surface area contributed by atoms with Crippen molar-refractivity contribution in [2.75, 3.05) is 0 Å². The summed E-state index contributed by atoms with van der Waals surface area (Å²) in [5.74, 6) is -2.45. The molecule has 0 saturated heterocycles. The van der Waals surface area contributed by atoms with Gasteiger partial charge in [0, 0.05) is 11.1 Å². The first kappa shape index (κ1) is 27.5. The maximum atomic E-state index is 13.9. The largest absolute Gasteiger partial charge is 0.480 e. The average molecular weight is 512 g/mol. The first-order chi connectivity index (χ1) is 16.9. The first-order valence-corrected chi connectivity index (χ1v) is 13.0. The van der Waals surface area contributed by atoms with Gasteiger partial charge < -0.3 is 15.1 Å². The number of aliphatic carboxylic acids is 1. The fourth-order valence-electron chi connectivity index (χ4n) is 4.74. The molecule has 3 unspecified atom stereocenters. The number of carboxylic acids is 1. The number of rotatable bonds is 9. The molecule has 0 bridgehead atoms. The molecule has 6 nitrogen and oxygen atoms in total. The number of carboxylic acid groups (broad SMARTS) is 1. The van der Waals surface area contributed by atoms with E-state index in [2.05, 4.69) is 6.58 Å². The lowest BCUT2D eigenvalue weighted by atomic mass is 9.74. The van der Waals surface area contributed by atoms with Crippen LogP contribution in [0.25, 0.3) is 22.4 Å². The molecule has 8 heteroatoms. The number of benzene rings is 2. The van der Waals surface area contributed by atoms with Gasteiger partial charge in [-0.25, -0.2) is 4.39 Å². The Balaban J connectivity index is 2.63. The Morgan fingerprint density at radius 1 is 1.14 bits per heavy atom. The molecule has 36 heavy (non-hydrogen) atoms. The molecule has 2 aromatic carbocycles. The Morgan fingerprint density at radius 2 is 1.72 bits per heavy atom. The molecule has 1 heterocycles. The number of carbonyl (C=O) groups is 1. The van der Waals surface area contributed by atoms with Gasteiger partial charge in [0.2, 0.25) is 8.03 Å². The molecule has 3 aromatic rings. The fourth-order valence-corrected chi connectivity index (χ4v) is 5.64. The molecule has 0 amide bonds.